The molecule has 162 valence electrons. The van der Waals surface area contributed by atoms with Crippen LogP contribution in [-0.2, 0) is 9.59 Å². The molecule has 0 saturated heterocycles. The Bertz CT molecular complexity index is 359. The largest absolute Gasteiger partial charge is 0.481 e. The van der Waals surface area contributed by atoms with E-state index in [9.17, 15) is 19.8 Å². The smallest absolute Gasteiger partial charge is 0.307 e. The second-order valence-corrected chi connectivity index (χ2v) is 7.40. The Hall–Kier alpha value is -1.14. The Balaban J connectivity index is 0. The number of carboxylic acids is 2. The van der Waals surface area contributed by atoms with E-state index in [2.05, 4.69) is 38.3 Å². The summed E-state index contributed by atoms with van der Waals surface area (Å²) in [5.74, 6) is -3.09. The summed E-state index contributed by atoms with van der Waals surface area (Å²) in [6, 6.07) is 0. The van der Waals surface area contributed by atoms with Crippen molar-refractivity contribution in [2.24, 2.45) is 23.7 Å². The van der Waals surface area contributed by atoms with Gasteiger partial charge in [0.2, 0.25) is 0 Å². The van der Waals surface area contributed by atoms with Crippen LogP contribution < -0.4 is 10.6 Å². The molecular formula is C21H44N2O4. The molecule has 0 amide bonds. The zero-order valence-electron chi connectivity index (χ0n) is 18.4. The summed E-state index contributed by atoms with van der Waals surface area (Å²) in [7, 11) is 0. The number of hydrogen-bond acceptors (Lipinski definition) is 4. The van der Waals surface area contributed by atoms with Gasteiger partial charge in [0.15, 0.2) is 0 Å². The van der Waals surface area contributed by atoms with Gasteiger partial charge in [-0.25, -0.2) is 0 Å². The molecule has 2 atom stereocenters. The first-order valence-electron chi connectivity index (χ1n) is 10.6. The van der Waals surface area contributed by atoms with Gasteiger partial charge in [0.05, 0.1) is 11.8 Å². The van der Waals surface area contributed by atoms with Crippen molar-refractivity contribution in [3.8, 4) is 0 Å². The lowest BCUT2D eigenvalue weighted by Crippen LogP contribution is -2.35. The van der Waals surface area contributed by atoms with E-state index in [1.165, 1.54) is 0 Å². The molecule has 2 unspecified atom stereocenters. The van der Waals surface area contributed by atoms with E-state index in [0.29, 0.717) is 6.42 Å². The lowest BCUT2D eigenvalue weighted by atomic mass is 9.77. The minimum Gasteiger partial charge on any atom is -0.481 e. The summed E-state index contributed by atoms with van der Waals surface area (Å²) in [6.45, 7) is 16.6. The second-order valence-electron chi connectivity index (χ2n) is 7.40. The highest BCUT2D eigenvalue weighted by Gasteiger charge is 2.40. The Morgan fingerprint density at radius 1 is 0.852 bits per heavy atom. The van der Waals surface area contributed by atoms with Gasteiger partial charge in [-0.1, -0.05) is 54.4 Å². The molecule has 4 N–H and O–H groups in total. The van der Waals surface area contributed by atoms with Crippen LogP contribution in [0.25, 0.3) is 0 Å². The van der Waals surface area contributed by atoms with E-state index in [0.717, 1.165) is 51.9 Å². The lowest BCUT2D eigenvalue weighted by molar-refractivity contribution is -0.156. The monoisotopic (exact) mass is 388 g/mol. The van der Waals surface area contributed by atoms with Crippen LogP contribution >= 0.6 is 0 Å². The van der Waals surface area contributed by atoms with Gasteiger partial charge in [0, 0.05) is 0 Å². The van der Waals surface area contributed by atoms with Gasteiger partial charge < -0.3 is 20.8 Å². The minimum absolute atomic E-state index is 0.0485. The number of carboxylic acid groups (broad SMARTS) is 2. The maximum absolute atomic E-state index is 11.4. The number of hydrogen-bond donors (Lipinski definition) is 4. The molecule has 6 nitrogen and oxygen atoms in total. The van der Waals surface area contributed by atoms with Crippen molar-refractivity contribution in [1.29, 1.82) is 0 Å². The number of rotatable bonds is 10. The zero-order chi connectivity index (χ0) is 21.2. The van der Waals surface area contributed by atoms with E-state index in [4.69, 9.17) is 0 Å². The number of nitrogens with one attached hydrogen (secondary N) is 2. The summed E-state index contributed by atoms with van der Waals surface area (Å²) in [5.41, 5.74) is 0. The molecule has 1 fully saturated rings. The molecule has 0 aromatic heterocycles. The fourth-order valence-corrected chi connectivity index (χ4v) is 3.43. The van der Waals surface area contributed by atoms with Gasteiger partial charge in [0.25, 0.3) is 0 Å². The van der Waals surface area contributed by atoms with Gasteiger partial charge >= 0.3 is 11.9 Å². The molecule has 1 saturated carbocycles. The minimum atomic E-state index is -0.960. The highest BCUT2D eigenvalue weighted by atomic mass is 16.4. The molecular weight excluding hydrogens is 344 g/mol. The standard InChI is InChI=1S/C13H22O4.2C4H11N/c1-8(2)7-10(12(14)15)11(13(16)17)9-5-3-4-6-9;2*1-3-5-4-2/h8-11H,3-7H2,1-2H3,(H,14,15)(H,16,17);2*5H,3-4H2,1-2H3. The van der Waals surface area contributed by atoms with E-state index < -0.39 is 23.8 Å². The first kappa shape index (κ1) is 28.1. The van der Waals surface area contributed by atoms with Crippen molar-refractivity contribution in [2.45, 2.75) is 73.6 Å². The molecule has 0 bridgehead atoms. The first-order chi connectivity index (χ1) is 12.8. The average Bonchev–Trinajstić information content (AvgIpc) is 3.10. The van der Waals surface area contributed by atoms with Crippen LogP contribution in [0.4, 0.5) is 0 Å². The predicted octanol–water partition coefficient (Wildman–Crippen LogP) is 3.86. The molecule has 1 aliphatic carbocycles. The fraction of sp³-hybridized carbons (Fsp3) is 0.905. The molecule has 0 heterocycles. The molecule has 1 rings (SSSR count). The van der Waals surface area contributed by atoms with Crippen molar-refractivity contribution < 1.29 is 19.8 Å². The van der Waals surface area contributed by atoms with Crippen LogP contribution in [0, 0.1) is 23.7 Å². The van der Waals surface area contributed by atoms with Crippen molar-refractivity contribution in [1.82, 2.24) is 10.6 Å². The topological polar surface area (TPSA) is 98.7 Å². The van der Waals surface area contributed by atoms with Crippen molar-refractivity contribution in [3.63, 3.8) is 0 Å². The van der Waals surface area contributed by atoms with Crippen LogP contribution in [0.15, 0.2) is 0 Å². The summed E-state index contributed by atoms with van der Waals surface area (Å²) in [6.07, 6.45) is 4.23. The third-order valence-electron chi connectivity index (χ3n) is 4.67. The second kappa shape index (κ2) is 18.2. The highest BCUT2D eigenvalue weighted by Crippen LogP contribution is 2.37. The quantitative estimate of drug-likeness (QED) is 0.454. The maximum Gasteiger partial charge on any atom is 0.307 e. The Kier molecular flexibility index (Phi) is 19.0. The van der Waals surface area contributed by atoms with Crippen LogP contribution in [0.5, 0.6) is 0 Å². The fourth-order valence-electron chi connectivity index (χ4n) is 3.43. The van der Waals surface area contributed by atoms with Gasteiger partial charge in [-0.2, -0.15) is 0 Å². The van der Waals surface area contributed by atoms with E-state index in [1.54, 1.807) is 0 Å². The Labute approximate surface area is 166 Å². The molecule has 6 heteroatoms. The summed E-state index contributed by atoms with van der Waals surface area (Å²) >= 11 is 0. The van der Waals surface area contributed by atoms with Crippen molar-refractivity contribution in [2.75, 3.05) is 26.2 Å². The van der Waals surface area contributed by atoms with Crippen LogP contribution in [-0.4, -0.2) is 48.3 Å². The SMILES string of the molecule is CC(C)CC(C(=O)O)C(C(=O)O)C1CCCC1.CCNCC.CCNCC. The molecule has 1 aliphatic rings. The van der Waals surface area contributed by atoms with Gasteiger partial charge in [-0.05, 0) is 57.3 Å². The molecule has 27 heavy (non-hydrogen) atoms. The van der Waals surface area contributed by atoms with E-state index in [-0.39, 0.29) is 11.8 Å². The first-order valence-corrected chi connectivity index (χ1v) is 10.6. The third-order valence-corrected chi connectivity index (χ3v) is 4.67. The summed E-state index contributed by atoms with van der Waals surface area (Å²) in [5, 5.41) is 24.8. The van der Waals surface area contributed by atoms with Crippen molar-refractivity contribution in [3.05, 3.63) is 0 Å². The predicted molar refractivity (Wildman–Crippen MR) is 112 cm³/mol. The Morgan fingerprint density at radius 2 is 1.26 bits per heavy atom. The van der Waals surface area contributed by atoms with Gasteiger partial charge in [0.1, 0.15) is 0 Å². The number of aliphatic carboxylic acids is 2. The lowest BCUT2D eigenvalue weighted by Gasteiger charge is -2.26. The van der Waals surface area contributed by atoms with E-state index in [1.807, 2.05) is 13.8 Å². The molecule has 0 aliphatic heterocycles. The molecule has 0 aromatic rings. The molecule has 0 radical (unpaired) electrons. The third kappa shape index (κ3) is 14.6. The van der Waals surface area contributed by atoms with Crippen LogP contribution in [0.1, 0.15) is 73.6 Å². The van der Waals surface area contributed by atoms with Crippen molar-refractivity contribution >= 4 is 11.9 Å². The highest BCUT2D eigenvalue weighted by molar-refractivity contribution is 5.80. The molecule has 0 aromatic carbocycles. The Morgan fingerprint density at radius 3 is 1.48 bits per heavy atom. The summed E-state index contributed by atoms with van der Waals surface area (Å²) < 4.78 is 0. The average molecular weight is 389 g/mol. The molecule has 0 spiro atoms. The van der Waals surface area contributed by atoms with Crippen LogP contribution in [0.3, 0.4) is 0 Å². The van der Waals surface area contributed by atoms with Gasteiger partial charge in [-0.15, -0.1) is 0 Å². The summed E-state index contributed by atoms with van der Waals surface area (Å²) in [4.78, 5) is 22.6. The van der Waals surface area contributed by atoms with E-state index >= 15 is 0 Å². The van der Waals surface area contributed by atoms with Gasteiger partial charge in [-0.3, -0.25) is 9.59 Å². The maximum atomic E-state index is 11.4. The normalized spacial score (nSPS) is 16.0. The number of carbonyl (C=O) groups is 2. The zero-order valence-corrected chi connectivity index (χ0v) is 18.4. The van der Waals surface area contributed by atoms with Crippen LogP contribution in [0.2, 0.25) is 0 Å².